The second kappa shape index (κ2) is 6.79. The Morgan fingerprint density at radius 3 is 2.62 bits per heavy atom. The summed E-state index contributed by atoms with van der Waals surface area (Å²) in [4.78, 5) is 12.0. The molecule has 2 aromatic rings. The Morgan fingerprint density at radius 1 is 1.27 bits per heavy atom. The van der Waals surface area contributed by atoms with Crippen molar-refractivity contribution in [1.82, 2.24) is 4.57 Å². The summed E-state index contributed by atoms with van der Waals surface area (Å²) in [6.45, 7) is 5.43. The number of aryl methyl sites for hydroxylation is 2. The van der Waals surface area contributed by atoms with Crippen LogP contribution < -0.4 is 15.0 Å². The Hall–Kier alpha value is -2.28. The molecule has 140 valence electrons. The summed E-state index contributed by atoms with van der Waals surface area (Å²) in [6, 6.07) is 5.44. The summed E-state index contributed by atoms with van der Waals surface area (Å²) in [5.41, 5.74) is 3.70. The molecule has 2 heterocycles. The smallest absolute Gasteiger partial charge is 0.253 e. The summed E-state index contributed by atoms with van der Waals surface area (Å²) >= 11 is 0. The highest BCUT2D eigenvalue weighted by Gasteiger charge is 2.26. The van der Waals surface area contributed by atoms with Gasteiger partial charge in [0, 0.05) is 47.6 Å². The molecule has 0 amide bonds. The SMILES string of the molecule is CCC1Cc2cc(NS(=O)(=O)CC)cc(-c3cc(C)c(=O)n(C)c3)c2O1. The lowest BCUT2D eigenvalue weighted by Crippen LogP contribution is -2.18. The van der Waals surface area contributed by atoms with Gasteiger partial charge in [-0.1, -0.05) is 6.92 Å². The van der Waals surface area contributed by atoms with E-state index in [2.05, 4.69) is 11.6 Å². The number of hydrogen-bond donors (Lipinski definition) is 1. The lowest BCUT2D eigenvalue weighted by atomic mass is 9.99. The second-order valence-electron chi connectivity index (χ2n) is 6.70. The van der Waals surface area contributed by atoms with Crippen molar-refractivity contribution < 1.29 is 13.2 Å². The predicted molar refractivity (Wildman–Crippen MR) is 103 cm³/mol. The van der Waals surface area contributed by atoms with Gasteiger partial charge in [0.05, 0.1) is 5.75 Å². The fraction of sp³-hybridized carbons (Fsp3) is 0.421. The maximum absolute atomic E-state index is 12.0. The molecule has 1 aromatic carbocycles. The van der Waals surface area contributed by atoms with E-state index < -0.39 is 10.0 Å². The van der Waals surface area contributed by atoms with E-state index in [4.69, 9.17) is 4.74 Å². The van der Waals surface area contributed by atoms with Crippen LogP contribution in [0.3, 0.4) is 0 Å². The van der Waals surface area contributed by atoms with Gasteiger partial charge in [-0.25, -0.2) is 8.42 Å². The van der Waals surface area contributed by atoms with E-state index in [0.29, 0.717) is 11.3 Å². The summed E-state index contributed by atoms with van der Waals surface area (Å²) < 4.78 is 34.3. The van der Waals surface area contributed by atoms with E-state index in [1.807, 2.05) is 12.1 Å². The van der Waals surface area contributed by atoms with E-state index in [9.17, 15) is 13.2 Å². The van der Waals surface area contributed by atoms with Crippen LogP contribution in [0.2, 0.25) is 0 Å². The van der Waals surface area contributed by atoms with Crippen molar-refractivity contribution in [2.45, 2.75) is 39.7 Å². The largest absolute Gasteiger partial charge is 0.489 e. The second-order valence-corrected chi connectivity index (χ2v) is 8.71. The first-order chi connectivity index (χ1) is 12.2. The summed E-state index contributed by atoms with van der Waals surface area (Å²) in [7, 11) is -1.67. The first kappa shape index (κ1) is 18.5. The van der Waals surface area contributed by atoms with Crippen molar-refractivity contribution in [1.29, 1.82) is 0 Å². The molecule has 1 unspecified atom stereocenters. The van der Waals surface area contributed by atoms with Crippen molar-refractivity contribution in [3.05, 3.63) is 45.9 Å². The van der Waals surface area contributed by atoms with Crippen LogP contribution >= 0.6 is 0 Å². The number of nitrogens with one attached hydrogen (secondary N) is 1. The number of benzene rings is 1. The van der Waals surface area contributed by atoms with Gasteiger partial charge in [0.15, 0.2) is 0 Å². The molecule has 3 rings (SSSR count). The highest BCUT2D eigenvalue weighted by atomic mass is 32.2. The minimum Gasteiger partial charge on any atom is -0.489 e. The predicted octanol–water partition coefficient (Wildman–Crippen LogP) is 2.84. The van der Waals surface area contributed by atoms with Crippen LogP contribution in [-0.2, 0) is 23.5 Å². The minimum absolute atomic E-state index is 0.00640. The zero-order valence-electron chi connectivity index (χ0n) is 15.5. The van der Waals surface area contributed by atoms with Crippen LogP contribution in [0.4, 0.5) is 5.69 Å². The molecule has 1 aliphatic heterocycles. The average molecular weight is 376 g/mol. The Labute approximate surface area is 153 Å². The fourth-order valence-electron chi connectivity index (χ4n) is 3.21. The maximum Gasteiger partial charge on any atom is 0.253 e. The van der Waals surface area contributed by atoms with Crippen molar-refractivity contribution in [2.24, 2.45) is 7.05 Å². The molecular formula is C19H24N2O4S. The summed E-state index contributed by atoms with van der Waals surface area (Å²) in [5, 5.41) is 0. The Morgan fingerprint density at radius 2 is 2.00 bits per heavy atom. The van der Waals surface area contributed by atoms with Gasteiger partial charge < -0.3 is 9.30 Å². The summed E-state index contributed by atoms with van der Waals surface area (Å²) in [6.07, 6.45) is 3.45. The normalized spacial score (nSPS) is 16.2. The van der Waals surface area contributed by atoms with E-state index >= 15 is 0 Å². The number of sulfonamides is 1. The van der Waals surface area contributed by atoms with Gasteiger partial charge in [0.1, 0.15) is 11.9 Å². The van der Waals surface area contributed by atoms with Gasteiger partial charge in [-0.3, -0.25) is 9.52 Å². The van der Waals surface area contributed by atoms with Crippen molar-refractivity contribution in [2.75, 3.05) is 10.5 Å². The highest BCUT2D eigenvalue weighted by molar-refractivity contribution is 7.92. The van der Waals surface area contributed by atoms with E-state index in [1.165, 1.54) is 4.57 Å². The molecule has 0 fully saturated rings. The van der Waals surface area contributed by atoms with Crippen molar-refractivity contribution in [3.8, 4) is 16.9 Å². The number of anilines is 1. The lowest BCUT2D eigenvalue weighted by Gasteiger charge is -2.15. The highest BCUT2D eigenvalue weighted by Crippen LogP contribution is 2.42. The van der Waals surface area contributed by atoms with E-state index in [0.717, 1.165) is 35.3 Å². The Balaban J connectivity index is 2.18. The maximum atomic E-state index is 12.0. The number of pyridine rings is 1. The van der Waals surface area contributed by atoms with Crippen molar-refractivity contribution >= 4 is 15.7 Å². The number of fused-ring (bicyclic) bond motifs is 1. The van der Waals surface area contributed by atoms with Crippen LogP contribution in [0, 0.1) is 6.92 Å². The van der Waals surface area contributed by atoms with Gasteiger partial charge in [0.25, 0.3) is 5.56 Å². The molecule has 1 N–H and O–H groups in total. The van der Waals surface area contributed by atoms with E-state index in [-0.39, 0.29) is 17.4 Å². The average Bonchev–Trinajstić information content (AvgIpc) is 3.01. The van der Waals surface area contributed by atoms with Crippen LogP contribution in [0.5, 0.6) is 5.75 Å². The Kier molecular flexibility index (Phi) is 4.84. The first-order valence-electron chi connectivity index (χ1n) is 8.75. The molecular weight excluding hydrogens is 352 g/mol. The van der Waals surface area contributed by atoms with Gasteiger partial charge in [0.2, 0.25) is 10.0 Å². The van der Waals surface area contributed by atoms with E-state index in [1.54, 1.807) is 33.2 Å². The molecule has 0 saturated carbocycles. The monoisotopic (exact) mass is 376 g/mol. The molecule has 0 bridgehead atoms. The molecule has 6 nitrogen and oxygen atoms in total. The number of aromatic nitrogens is 1. The lowest BCUT2D eigenvalue weighted by molar-refractivity contribution is 0.229. The third-order valence-corrected chi connectivity index (χ3v) is 5.99. The number of rotatable bonds is 5. The first-order valence-corrected chi connectivity index (χ1v) is 10.4. The van der Waals surface area contributed by atoms with Crippen LogP contribution in [0.1, 0.15) is 31.4 Å². The minimum atomic E-state index is -3.38. The van der Waals surface area contributed by atoms with Gasteiger partial charge in [-0.05, 0) is 38.5 Å². The number of ether oxygens (including phenoxy) is 1. The molecule has 1 aromatic heterocycles. The third kappa shape index (κ3) is 3.49. The zero-order valence-corrected chi connectivity index (χ0v) is 16.3. The number of hydrogen-bond acceptors (Lipinski definition) is 4. The number of nitrogens with zero attached hydrogens (tertiary/aromatic N) is 1. The van der Waals surface area contributed by atoms with Gasteiger partial charge >= 0.3 is 0 Å². The van der Waals surface area contributed by atoms with Crippen LogP contribution in [0.25, 0.3) is 11.1 Å². The molecule has 0 saturated heterocycles. The van der Waals surface area contributed by atoms with Crippen molar-refractivity contribution in [3.63, 3.8) is 0 Å². The quantitative estimate of drug-likeness (QED) is 0.870. The molecule has 0 spiro atoms. The summed E-state index contributed by atoms with van der Waals surface area (Å²) in [5.74, 6) is 0.779. The van der Waals surface area contributed by atoms with Crippen LogP contribution in [-0.4, -0.2) is 24.8 Å². The molecule has 0 aliphatic carbocycles. The van der Waals surface area contributed by atoms with Gasteiger partial charge in [-0.2, -0.15) is 0 Å². The topological polar surface area (TPSA) is 77.4 Å². The Bertz CT molecular complexity index is 983. The fourth-order valence-corrected chi connectivity index (χ4v) is 3.83. The third-order valence-electron chi connectivity index (χ3n) is 4.68. The molecule has 0 radical (unpaired) electrons. The van der Waals surface area contributed by atoms with Crippen LogP contribution in [0.15, 0.2) is 29.2 Å². The molecule has 1 atom stereocenters. The standard InChI is InChI=1S/C19H24N2O4S/c1-5-16-9-13-8-15(20-26(23,24)6-2)10-17(18(13)25-16)14-7-12(3)19(22)21(4)11-14/h7-8,10-11,16,20H,5-6,9H2,1-4H3. The zero-order chi connectivity index (χ0) is 19.1. The molecule has 26 heavy (non-hydrogen) atoms. The molecule has 1 aliphatic rings. The van der Waals surface area contributed by atoms with Gasteiger partial charge in [-0.15, -0.1) is 0 Å². The molecule has 7 heteroatoms.